The van der Waals surface area contributed by atoms with Gasteiger partial charge in [0.2, 0.25) is 0 Å². The molecule has 0 bridgehead atoms. The second-order valence-corrected chi connectivity index (χ2v) is 3.89. The van der Waals surface area contributed by atoms with E-state index < -0.39 is 12.1 Å². The van der Waals surface area contributed by atoms with Crippen LogP contribution in [0.15, 0.2) is 35.3 Å². The summed E-state index contributed by atoms with van der Waals surface area (Å²) in [6, 6.07) is 3.52. The van der Waals surface area contributed by atoms with Crippen molar-refractivity contribution in [2.24, 2.45) is 0 Å². The third kappa shape index (κ3) is 5.25. The molecule has 0 spiro atoms. The zero-order chi connectivity index (χ0) is 14.3. The van der Waals surface area contributed by atoms with Gasteiger partial charge >= 0.3 is 5.97 Å². The van der Waals surface area contributed by atoms with E-state index in [2.05, 4.69) is 11.9 Å². The molecule has 0 fully saturated rings. The SMILES string of the molecule is C=CCNC(=O)C(C)OC(=O)/C=C/c1ccc(C)o1. The smallest absolute Gasteiger partial charge is 0.331 e. The van der Waals surface area contributed by atoms with Crippen molar-refractivity contribution in [3.8, 4) is 0 Å². The van der Waals surface area contributed by atoms with Crippen molar-refractivity contribution in [3.05, 3.63) is 42.4 Å². The summed E-state index contributed by atoms with van der Waals surface area (Å²) in [6.07, 6.45) is 3.40. The maximum absolute atomic E-state index is 11.5. The van der Waals surface area contributed by atoms with Crippen LogP contribution >= 0.6 is 0 Å². The van der Waals surface area contributed by atoms with Crippen molar-refractivity contribution in [1.82, 2.24) is 5.32 Å². The molecule has 0 saturated carbocycles. The minimum atomic E-state index is -0.851. The van der Waals surface area contributed by atoms with Crippen LogP contribution in [0.5, 0.6) is 0 Å². The minimum absolute atomic E-state index is 0.336. The molecule has 1 aromatic heterocycles. The Kier molecular flexibility index (Phi) is 5.60. The lowest BCUT2D eigenvalue weighted by molar-refractivity contribution is -0.150. The highest BCUT2D eigenvalue weighted by atomic mass is 16.5. The van der Waals surface area contributed by atoms with Crippen LogP contribution in [-0.2, 0) is 14.3 Å². The van der Waals surface area contributed by atoms with Crippen LogP contribution in [0.1, 0.15) is 18.4 Å². The first-order valence-corrected chi connectivity index (χ1v) is 5.86. The number of carbonyl (C=O) groups is 2. The van der Waals surface area contributed by atoms with Gasteiger partial charge in [-0.3, -0.25) is 4.79 Å². The molecule has 0 aliphatic rings. The Morgan fingerprint density at radius 3 is 2.84 bits per heavy atom. The van der Waals surface area contributed by atoms with Gasteiger partial charge in [-0.1, -0.05) is 6.08 Å². The minimum Gasteiger partial charge on any atom is -0.462 e. The molecular weight excluding hydrogens is 246 g/mol. The van der Waals surface area contributed by atoms with E-state index in [1.807, 2.05) is 6.92 Å². The number of ether oxygens (including phenoxy) is 1. The van der Waals surface area contributed by atoms with Gasteiger partial charge in [-0.2, -0.15) is 0 Å². The zero-order valence-electron chi connectivity index (χ0n) is 11.0. The number of furan rings is 1. The molecule has 1 unspecified atom stereocenters. The van der Waals surface area contributed by atoms with Crippen molar-refractivity contribution in [1.29, 1.82) is 0 Å². The summed E-state index contributed by atoms with van der Waals surface area (Å²) in [6.45, 7) is 7.12. The van der Waals surface area contributed by atoms with Gasteiger partial charge in [0.15, 0.2) is 6.10 Å². The first kappa shape index (κ1) is 14.8. The highest BCUT2D eigenvalue weighted by Gasteiger charge is 2.15. The quantitative estimate of drug-likeness (QED) is 0.483. The van der Waals surface area contributed by atoms with E-state index in [0.717, 1.165) is 5.76 Å². The van der Waals surface area contributed by atoms with Crippen LogP contribution in [0.2, 0.25) is 0 Å². The third-order valence-corrected chi connectivity index (χ3v) is 2.23. The lowest BCUT2D eigenvalue weighted by atomic mass is 10.3. The predicted octanol–water partition coefficient (Wildman–Crippen LogP) is 1.84. The topological polar surface area (TPSA) is 68.5 Å². The Bertz CT molecular complexity index is 487. The molecule has 0 aliphatic heterocycles. The molecule has 0 saturated heterocycles. The normalized spacial score (nSPS) is 12.1. The van der Waals surface area contributed by atoms with Crippen molar-refractivity contribution in [2.75, 3.05) is 6.54 Å². The Balaban J connectivity index is 2.44. The first-order chi connectivity index (χ1) is 9.02. The molecule has 5 heteroatoms. The number of esters is 1. The van der Waals surface area contributed by atoms with Gasteiger partial charge in [-0.05, 0) is 32.1 Å². The largest absolute Gasteiger partial charge is 0.462 e. The van der Waals surface area contributed by atoms with Gasteiger partial charge in [0, 0.05) is 12.6 Å². The molecular formula is C14H17NO4. The fourth-order valence-corrected chi connectivity index (χ4v) is 1.28. The summed E-state index contributed by atoms with van der Waals surface area (Å²) in [5.74, 6) is 0.342. The molecule has 1 atom stereocenters. The molecule has 0 aromatic carbocycles. The monoisotopic (exact) mass is 263 g/mol. The van der Waals surface area contributed by atoms with Gasteiger partial charge < -0.3 is 14.5 Å². The van der Waals surface area contributed by atoms with E-state index in [1.165, 1.54) is 19.1 Å². The molecule has 5 nitrogen and oxygen atoms in total. The third-order valence-electron chi connectivity index (χ3n) is 2.23. The Labute approximate surface area is 111 Å². The fourth-order valence-electron chi connectivity index (χ4n) is 1.28. The molecule has 1 rings (SSSR count). The van der Waals surface area contributed by atoms with E-state index in [1.54, 1.807) is 18.2 Å². The summed E-state index contributed by atoms with van der Waals surface area (Å²) < 4.78 is 10.2. The summed E-state index contributed by atoms with van der Waals surface area (Å²) >= 11 is 0. The summed E-state index contributed by atoms with van der Waals surface area (Å²) in [4.78, 5) is 22.9. The molecule has 0 radical (unpaired) electrons. The standard InChI is InChI=1S/C14H17NO4/c1-4-9-15-14(17)11(3)19-13(16)8-7-12-6-5-10(2)18-12/h4-8,11H,1,9H2,2-3H3,(H,15,17)/b8-7+. The van der Waals surface area contributed by atoms with Crippen molar-refractivity contribution in [3.63, 3.8) is 0 Å². The van der Waals surface area contributed by atoms with Crippen molar-refractivity contribution >= 4 is 18.0 Å². The molecule has 19 heavy (non-hydrogen) atoms. The molecule has 1 amide bonds. The predicted molar refractivity (Wildman–Crippen MR) is 71.2 cm³/mol. The van der Waals surface area contributed by atoms with Crippen LogP contribution in [0.3, 0.4) is 0 Å². The number of hydrogen-bond donors (Lipinski definition) is 1. The molecule has 102 valence electrons. The number of rotatable bonds is 6. The summed E-state index contributed by atoms with van der Waals surface area (Å²) in [5.41, 5.74) is 0. The maximum atomic E-state index is 11.5. The van der Waals surface area contributed by atoms with Crippen LogP contribution in [0.4, 0.5) is 0 Å². The number of aryl methyl sites for hydroxylation is 1. The average Bonchev–Trinajstić information content (AvgIpc) is 2.79. The lowest BCUT2D eigenvalue weighted by Gasteiger charge is -2.10. The van der Waals surface area contributed by atoms with E-state index in [9.17, 15) is 9.59 Å². The van der Waals surface area contributed by atoms with Crippen LogP contribution < -0.4 is 5.32 Å². The van der Waals surface area contributed by atoms with Crippen molar-refractivity contribution < 1.29 is 18.7 Å². The Morgan fingerprint density at radius 1 is 1.53 bits per heavy atom. The van der Waals surface area contributed by atoms with Gasteiger partial charge in [0.1, 0.15) is 11.5 Å². The van der Waals surface area contributed by atoms with Gasteiger partial charge in [-0.25, -0.2) is 4.79 Å². The van der Waals surface area contributed by atoms with Gasteiger partial charge in [0.25, 0.3) is 5.91 Å². The van der Waals surface area contributed by atoms with Crippen LogP contribution in [0.25, 0.3) is 6.08 Å². The van der Waals surface area contributed by atoms with Gasteiger partial charge in [-0.15, -0.1) is 6.58 Å². The highest BCUT2D eigenvalue weighted by Crippen LogP contribution is 2.08. The summed E-state index contributed by atoms with van der Waals surface area (Å²) in [5, 5.41) is 2.54. The summed E-state index contributed by atoms with van der Waals surface area (Å²) in [7, 11) is 0. The first-order valence-electron chi connectivity index (χ1n) is 5.86. The van der Waals surface area contributed by atoms with E-state index in [4.69, 9.17) is 9.15 Å². The van der Waals surface area contributed by atoms with Crippen LogP contribution in [0, 0.1) is 6.92 Å². The number of nitrogens with one attached hydrogen (secondary N) is 1. The molecule has 1 N–H and O–H groups in total. The van der Waals surface area contributed by atoms with Crippen LogP contribution in [-0.4, -0.2) is 24.5 Å². The lowest BCUT2D eigenvalue weighted by Crippen LogP contribution is -2.35. The van der Waals surface area contributed by atoms with E-state index in [-0.39, 0.29) is 5.91 Å². The second-order valence-electron chi connectivity index (χ2n) is 3.89. The Hall–Kier alpha value is -2.30. The second kappa shape index (κ2) is 7.20. The number of amides is 1. The van der Waals surface area contributed by atoms with Crippen molar-refractivity contribution in [2.45, 2.75) is 20.0 Å². The highest BCUT2D eigenvalue weighted by molar-refractivity contribution is 5.90. The van der Waals surface area contributed by atoms with E-state index in [0.29, 0.717) is 12.3 Å². The zero-order valence-corrected chi connectivity index (χ0v) is 11.0. The number of carbonyl (C=O) groups excluding carboxylic acids is 2. The molecule has 1 aromatic rings. The van der Waals surface area contributed by atoms with Gasteiger partial charge in [0.05, 0.1) is 0 Å². The molecule has 0 aliphatic carbocycles. The molecule has 1 heterocycles. The maximum Gasteiger partial charge on any atom is 0.331 e. The fraction of sp³-hybridized carbons (Fsp3) is 0.286. The number of hydrogen-bond acceptors (Lipinski definition) is 4. The average molecular weight is 263 g/mol. The van der Waals surface area contributed by atoms with E-state index >= 15 is 0 Å². The Morgan fingerprint density at radius 2 is 2.26 bits per heavy atom.